The van der Waals surface area contributed by atoms with Crippen LogP contribution in [0.5, 0.6) is 0 Å². The number of nitrogens with one attached hydrogen (secondary N) is 1. The van der Waals surface area contributed by atoms with Crippen molar-refractivity contribution in [3.05, 3.63) is 0 Å². The standard InChI is InChI=1S/C14H27F2N5O9/c15-14(16)8(26-12-5(20)6(22)10(24)21-28-12)2(17)1-3(18)9(14)27-13-7(23)4(19)11(25)29-30-13/h2-13,21-25H,1,17-20H2. The monoisotopic (exact) mass is 447 g/mol. The van der Waals surface area contributed by atoms with Crippen LogP contribution in [0.2, 0.25) is 0 Å². The summed E-state index contributed by atoms with van der Waals surface area (Å²) in [6.07, 6.45) is -14.2. The molecule has 2 heterocycles. The van der Waals surface area contributed by atoms with Gasteiger partial charge < -0.3 is 52.8 Å². The molecule has 0 spiro atoms. The molecule has 0 amide bonds. The smallest absolute Gasteiger partial charge is 0.302 e. The maximum Gasteiger partial charge on any atom is 0.302 e. The van der Waals surface area contributed by atoms with Crippen molar-refractivity contribution in [1.82, 2.24) is 5.48 Å². The summed E-state index contributed by atoms with van der Waals surface area (Å²) in [5.41, 5.74) is 24.8. The lowest BCUT2D eigenvalue weighted by Crippen LogP contribution is -2.71. The zero-order valence-corrected chi connectivity index (χ0v) is 15.5. The van der Waals surface area contributed by atoms with Gasteiger partial charge in [-0.3, -0.25) is 4.84 Å². The predicted molar refractivity (Wildman–Crippen MR) is 89.2 cm³/mol. The van der Waals surface area contributed by atoms with Gasteiger partial charge in [-0.15, -0.1) is 0 Å². The van der Waals surface area contributed by atoms with Gasteiger partial charge in [0.2, 0.25) is 12.6 Å². The zero-order valence-electron chi connectivity index (χ0n) is 15.5. The maximum absolute atomic E-state index is 15.2. The Kier molecular flexibility index (Phi) is 7.22. The number of halogens is 2. The molecular formula is C14H27F2N5O9. The highest BCUT2D eigenvalue weighted by atomic mass is 19.3. The summed E-state index contributed by atoms with van der Waals surface area (Å²) >= 11 is 0. The number of hydrogen-bond donors (Lipinski definition) is 9. The van der Waals surface area contributed by atoms with Crippen LogP contribution in [0.4, 0.5) is 8.78 Å². The molecule has 12 atom stereocenters. The number of aliphatic hydroxyl groups excluding tert-OH is 4. The van der Waals surface area contributed by atoms with E-state index in [1.54, 1.807) is 0 Å². The molecule has 0 aromatic rings. The minimum atomic E-state index is -3.86. The van der Waals surface area contributed by atoms with Crippen molar-refractivity contribution in [1.29, 1.82) is 0 Å². The fourth-order valence-corrected chi connectivity index (χ4v) is 3.43. The number of alkyl halides is 2. The van der Waals surface area contributed by atoms with Crippen molar-refractivity contribution in [3.8, 4) is 0 Å². The molecule has 2 aliphatic heterocycles. The Bertz CT molecular complexity index is 552. The van der Waals surface area contributed by atoms with E-state index in [0.717, 1.165) is 0 Å². The second-order valence-corrected chi connectivity index (χ2v) is 7.49. The van der Waals surface area contributed by atoms with E-state index in [1.165, 1.54) is 0 Å². The van der Waals surface area contributed by atoms with E-state index in [1.807, 2.05) is 5.48 Å². The van der Waals surface area contributed by atoms with E-state index in [4.69, 9.17) is 37.2 Å². The highest BCUT2D eigenvalue weighted by Gasteiger charge is 2.60. The maximum atomic E-state index is 15.2. The third kappa shape index (κ3) is 4.43. The summed E-state index contributed by atoms with van der Waals surface area (Å²) in [6, 6.07) is -5.36. The lowest BCUT2D eigenvalue weighted by atomic mass is 9.83. The number of ether oxygens (including phenoxy) is 2. The summed E-state index contributed by atoms with van der Waals surface area (Å²) in [7, 11) is 0. The molecule has 3 fully saturated rings. The first kappa shape index (κ1) is 24.0. The Morgan fingerprint density at radius 2 is 1.40 bits per heavy atom. The van der Waals surface area contributed by atoms with Crippen LogP contribution in [0.1, 0.15) is 6.42 Å². The zero-order chi connectivity index (χ0) is 22.4. The molecule has 3 rings (SSSR count). The second-order valence-electron chi connectivity index (χ2n) is 7.49. The number of nitrogens with two attached hydrogens (primary N) is 4. The minimum absolute atomic E-state index is 0.191. The SMILES string of the molecule is NC1CC(N)C(OC2OOC(O)C(N)C2O)C(F)(F)C1OC1ONC(O)C(O)C1N. The van der Waals surface area contributed by atoms with Gasteiger partial charge in [-0.25, -0.2) is 13.7 Å². The van der Waals surface area contributed by atoms with Crippen LogP contribution in [-0.4, -0.2) is 100 Å². The van der Waals surface area contributed by atoms with Crippen LogP contribution in [0.25, 0.3) is 0 Å². The minimum Gasteiger partial charge on any atom is -0.387 e. The quantitative estimate of drug-likeness (QED) is 0.183. The molecule has 0 bridgehead atoms. The molecule has 0 aromatic heterocycles. The summed E-state index contributed by atoms with van der Waals surface area (Å²) < 4.78 is 40.9. The summed E-state index contributed by atoms with van der Waals surface area (Å²) in [5.74, 6) is -3.86. The molecule has 1 aliphatic carbocycles. The van der Waals surface area contributed by atoms with Gasteiger partial charge in [0.05, 0.1) is 12.1 Å². The number of hydrogen-bond acceptors (Lipinski definition) is 14. The Morgan fingerprint density at radius 1 is 0.833 bits per heavy atom. The van der Waals surface area contributed by atoms with Crippen LogP contribution in [0.15, 0.2) is 0 Å². The first-order chi connectivity index (χ1) is 13.9. The highest BCUT2D eigenvalue weighted by molar-refractivity contribution is 5.05. The average molecular weight is 447 g/mol. The van der Waals surface area contributed by atoms with Crippen molar-refractivity contribution in [2.45, 2.75) is 86.0 Å². The molecule has 0 radical (unpaired) electrons. The Morgan fingerprint density at radius 3 is 2.00 bits per heavy atom. The van der Waals surface area contributed by atoms with E-state index in [0.29, 0.717) is 0 Å². The second kappa shape index (κ2) is 9.04. The predicted octanol–water partition coefficient (Wildman–Crippen LogP) is -5.39. The van der Waals surface area contributed by atoms with Crippen LogP contribution >= 0.6 is 0 Å². The Labute approximate surface area is 168 Å². The van der Waals surface area contributed by atoms with Gasteiger partial charge in [-0.2, -0.15) is 10.4 Å². The third-order valence-corrected chi connectivity index (χ3v) is 5.23. The van der Waals surface area contributed by atoms with Crippen LogP contribution in [0.3, 0.4) is 0 Å². The van der Waals surface area contributed by atoms with Gasteiger partial charge in [0.1, 0.15) is 24.4 Å². The number of rotatable bonds is 4. The molecule has 176 valence electrons. The van der Waals surface area contributed by atoms with Gasteiger partial charge in [0, 0.05) is 12.1 Å². The molecule has 30 heavy (non-hydrogen) atoms. The summed E-state index contributed by atoms with van der Waals surface area (Å²) in [4.78, 5) is 13.9. The summed E-state index contributed by atoms with van der Waals surface area (Å²) in [5, 5.41) is 38.6. The molecule has 13 N–H and O–H groups in total. The molecule has 16 heteroatoms. The Hall–Kier alpha value is -0.700. The lowest BCUT2D eigenvalue weighted by Gasteiger charge is -2.47. The molecule has 12 unspecified atom stereocenters. The number of hydroxylamine groups is 1. The fourth-order valence-electron chi connectivity index (χ4n) is 3.43. The van der Waals surface area contributed by atoms with Gasteiger partial charge in [-0.05, 0) is 6.42 Å². The first-order valence-corrected chi connectivity index (χ1v) is 9.11. The molecule has 14 nitrogen and oxygen atoms in total. The summed E-state index contributed by atoms with van der Waals surface area (Å²) in [6.45, 7) is 0. The van der Waals surface area contributed by atoms with Crippen molar-refractivity contribution < 1.29 is 53.3 Å². The largest absolute Gasteiger partial charge is 0.387 e. The van der Waals surface area contributed by atoms with Gasteiger partial charge >= 0.3 is 5.92 Å². The third-order valence-electron chi connectivity index (χ3n) is 5.23. The van der Waals surface area contributed by atoms with Crippen LogP contribution < -0.4 is 28.4 Å². The van der Waals surface area contributed by atoms with Crippen LogP contribution in [-0.2, 0) is 24.1 Å². The van der Waals surface area contributed by atoms with E-state index in [-0.39, 0.29) is 6.42 Å². The average Bonchev–Trinajstić information content (AvgIpc) is 2.67. The molecule has 1 saturated carbocycles. The van der Waals surface area contributed by atoms with E-state index >= 15 is 8.78 Å². The fraction of sp³-hybridized carbons (Fsp3) is 1.00. The molecular weight excluding hydrogens is 420 g/mol. The van der Waals surface area contributed by atoms with Crippen molar-refractivity contribution in [2.24, 2.45) is 22.9 Å². The highest BCUT2D eigenvalue weighted by Crippen LogP contribution is 2.39. The Balaban J connectivity index is 1.74. The van der Waals surface area contributed by atoms with Crippen molar-refractivity contribution in [3.63, 3.8) is 0 Å². The normalized spacial score (nSPS) is 52.2. The number of aliphatic hydroxyl groups is 4. The topological polar surface area (TPSA) is 243 Å². The molecule has 3 aliphatic rings. The van der Waals surface area contributed by atoms with Gasteiger partial charge in [0.25, 0.3) is 0 Å². The molecule has 2 saturated heterocycles. The van der Waals surface area contributed by atoms with Crippen LogP contribution in [0, 0.1) is 0 Å². The van der Waals surface area contributed by atoms with E-state index < -0.39 is 79.6 Å². The lowest BCUT2D eigenvalue weighted by molar-refractivity contribution is -0.484. The van der Waals surface area contributed by atoms with E-state index in [9.17, 15) is 20.4 Å². The first-order valence-electron chi connectivity index (χ1n) is 9.11. The van der Waals surface area contributed by atoms with Crippen molar-refractivity contribution in [2.75, 3.05) is 0 Å². The van der Waals surface area contributed by atoms with E-state index in [2.05, 4.69) is 9.78 Å². The van der Waals surface area contributed by atoms with Crippen molar-refractivity contribution >= 4 is 0 Å². The molecule has 0 aromatic carbocycles. The van der Waals surface area contributed by atoms with Gasteiger partial charge in [0.15, 0.2) is 12.5 Å². The van der Waals surface area contributed by atoms with Gasteiger partial charge in [-0.1, -0.05) is 0 Å².